The van der Waals surface area contributed by atoms with Gasteiger partial charge in [0.15, 0.2) is 0 Å². The van der Waals surface area contributed by atoms with Gasteiger partial charge in [-0.1, -0.05) is 32.0 Å². The highest BCUT2D eigenvalue weighted by Crippen LogP contribution is 2.35. The van der Waals surface area contributed by atoms with E-state index in [4.69, 9.17) is 0 Å². The van der Waals surface area contributed by atoms with Gasteiger partial charge in [0.25, 0.3) is 0 Å². The van der Waals surface area contributed by atoms with Gasteiger partial charge >= 0.3 is 6.18 Å². The lowest BCUT2D eigenvalue weighted by molar-refractivity contribution is -0.137. The maximum Gasteiger partial charge on any atom is 0.421 e. The normalized spacial score (nSPS) is 11.6. The Kier molecular flexibility index (Phi) is 6.61. The minimum Gasteiger partial charge on any atom is -0.340 e. The quantitative estimate of drug-likeness (QED) is 0.358. The smallest absolute Gasteiger partial charge is 0.340 e. The first-order chi connectivity index (χ1) is 13.7. The van der Waals surface area contributed by atoms with Crippen molar-refractivity contribution < 1.29 is 13.2 Å². The second kappa shape index (κ2) is 8.98. The number of benzene rings is 2. The van der Waals surface area contributed by atoms with Crippen molar-refractivity contribution in [3.63, 3.8) is 0 Å². The minimum absolute atomic E-state index is 0.0859. The van der Waals surface area contributed by atoms with Crippen LogP contribution in [0.3, 0.4) is 0 Å². The maximum atomic E-state index is 13.4. The van der Waals surface area contributed by atoms with Crippen molar-refractivity contribution in [3.8, 4) is 0 Å². The highest BCUT2D eigenvalue weighted by Gasteiger charge is 2.35. The molecule has 0 atom stereocenters. The Morgan fingerprint density at radius 1 is 1.00 bits per heavy atom. The van der Waals surface area contributed by atoms with Crippen LogP contribution in [0.15, 0.2) is 54.7 Å². The number of hydrogen-bond acceptors (Lipinski definition) is 4. The van der Waals surface area contributed by atoms with E-state index in [-0.39, 0.29) is 11.8 Å². The van der Waals surface area contributed by atoms with Crippen molar-refractivity contribution >= 4 is 45.7 Å². The number of alkyl halides is 3. The Labute approximate surface area is 181 Å². The van der Waals surface area contributed by atoms with Crippen molar-refractivity contribution in [2.75, 3.05) is 10.6 Å². The van der Waals surface area contributed by atoms with E-state index in [0.717, 1.165) is 16.2 Å². The van der Waals surface area contributed by atoms with E-state index in [0.29, 0.717) is 17.3 Å². The number of rotatable bonds is 6. The van der Waals surface area contributed by atoms with Gasteiger partial charge in [-0.3, -0.25) is 0 Å². The fourth-order valence-electron chi connectivity index (χ4n) is 2.77. The Morgan fingerprint density at radius 2 is 1.72 bits per heavy atom. The molecule has 0 bridgehead atoms. The molecule has 0 radical (unpaired) electrons. The molecule has 0 aliphatic carbocycles. The topological polar surface area (TPSA) is 49.8 Å². The monoisotopic (exact) mass is 512 g/mol. The van der Waals surface area contributed by atoms with E-state index in [1.54, 1.807) is 18.2 Å². The lowest BCUT2D eigenvalue weighted by atomic mass is 10.0. The average Bonchev–Trinajstić information content (AvgIpc) is 2.62. The summed E-state index contributed by atoms with van der Waals surface area (Å²) in [6, 6.07) is 14.7. The zero-order chi connectivity index (χ0) is 21.0. The summed E-state index contributed by atoms with van der Waals surface area (Å²) in [5, 5.41) is 5.73. The van der Waals surface area contributed by atoms with Gasteiger partial charge in [0.1, 0.15) is 11.4 Å². The summed E-state index contributed by atoms with van der Waals surface area (Å²) in [6.07, 6.45) is -2.82. The highest BCUT2D eigenvalue weighted by atomic mass is 127. The van der Waals surface area contributed by atoms with Gasteiger partial charge in [-0.15, -0.1) is 0 Å². The van der Waals surface area contributed by atoms with E-state index >= 15 is 0 Å². The van der Waals surface area contributed by atoms with Gasteiger partial charge in [-0.05, 0) is 70.8 Å². The van der Waals surface area contributed by atoms with Crippen LogP contribution in [-0.4, -0.2) is 9.97 Å². The number of aromatic nitrogens is 2. The molecule has 29 heavy (non-hydrogen) atoms. The van der Waals surface area contributed by atoms with E-state index in [1.807, 2.05) is 30.3 Å². The van der Waals surface area contributed by atoms with Gasteiger partial charge in [0.05, 0.1) is 0 Å². The van der Waals surface area contributed by atoms with E-state index in [2.05, 4.69) is 57.0 Å². The third-order valence-electron chi connectivity index (χ3n) is 4.04. The molecule has 1 aromatic heterocycles. The summed E-state index contributed by atoms with van der Waals surface area (Å²) in [4.78, 5) is 7.92. The molecule has 0 unspecified atom stereocenters. The van der Waals surface area contributed by atoms with Crippen molar-refractivity contribution in [2.24, 2.45) is 5.92 Å². The highest BCUT2D eigenvalue weighted by molar-refractivity contribution is 14.1. The van der Waals surface area contributed by atoms with E-state index < -0.39 is 11.7 Å². The average molecular weight is 512 g/mol. The summed E-state index contributed by atoms with van der Waals surface area (Å²) in [5.41, 5.74) is 1.50. The molecule has 3 rings (SSSR count). The van der Waals surface area contributed by atoms with Crippen LogP contribution in [0.25, 0.3) is 0 Å². The zero-order valence-electron chi connectivity index (χ0n) is 15.9. The SMILES string of the molecule is CC(C)Cc1ccc(Nc2ncc(C(F)(F)F)c(Nc3cccc(I)c3)n2)cc1. The molecular formula is C21H20F3IN4. The molecule has 2 aromatic carbocycles. The molecule has 0 aliphatic heterocycles. The first-order valence-electron chi connectivity index (χ1n) is 9.03. The van der Waals surface area contributed by atoms with E-state index in [1.165, 1.54) is 5.56 Å². The second-order valence-corrected chi connectivity index (χ2v) is 8.25. The summed E-state index contributed by atoms with van der Waals surface area (Å²) < 4.78 is 41.1. The van der Waals surface area contributed by atoms with Crippen LogP contribution >= 0.6 is 22.6 Å². The lowest BCUT2D eigenvalue weighted by Crippen LogP contribution is -2.12. The lowest BCUT2D eigenvalue weighted by Gasteiger charge is -2.15. The Bertz CT molecular complexity index is 972. The summed E-state index contributed by atoms with van der Waals surface area (Å²) in [7, 11) is 0. The third-order valence-corrected chi connectivity index (χ3v) is 4.71. The number of hydrogen-bond donors (Lipinski definition) is 2. The van der Waals surface area contributed by atoms with Crippen molar-refractivity contribution in [1.29, 1.82) is 0 Å². The molecule has 0 fully saturated rings. The molecule has 2 N–H and O–H groups in total. The van der Waals surface area contributed by atoms with Crippen molar-refractivity contribution in [1.82, 2.24) is 9.97 Å². The predicted molar refractivity (Wildman–Crippen MR) is 118 cm³/mol. The molecule has 0 aliphatic rings. The minimum atomic E-state index is -4.57. The molecule has 0 saturated carbocycles. The molecule has 152 valence electrons. The number of nitrogens with zero attached hydrogens (tertiary/aromatic N) is 2. The van der Waals surface area contributed by atoms with Crippen LogP contribution in [0.2, 0.25) is 0 Å². The molecule has 0 saturated heterocycles. The van der Waals surface area contributed by atoms with Gasteiger partial charge in [-0.2, -0.15) is 18.2 Å². The molecule has 1 heterocycles. The molecule has 0 amide bonds. The Balaban J connectivity index is 1.86. The molecule has 8 heteroatoms. The van der Waals surface area contributed by atoms with Crippen LogP contribution in [0.4, 0.5) is 36.3 Å². The van der Waals surface area contributed by atoms with Gasteiger partial charge in [-0.25, -0.2) is 4.98 Å². The number of anilines is 4. The second-order valence-electron chi connectivity index (χ2n) is 7.01. The number of nitrogens with one attached hydrogen (secondary N) is 2. The fourth-order valence-corrected chi connectivity index (χ4v) is 3.32. The van der Waals surface area contributed by atoms with Crippen LogP contribution in [-0.2, 0) is 12.6 Å². The van der Waals surface area contributed by atoms with Crippen molar-refractivity contribution in [3.05, 3.63) is 69.4 Å². The van der Waals surface area contributed by atoms with E-state index in [9.17, 15) is 13.2 Å². The van der Waals surface area contributed by atoms with Crippen LogP contribution in [0.1, 0.15) is 25.0 Å². The van der Waals surface area contributed by atoms with Crippen LogP contribution < -0.4 is 10.6 Å². The maximum absolute atomic E-state index is 13.4. The summed E-state index contributed by atoms with van der Waals surface area (Å²) in [5.74, 6) is 0.331. The summed E-state index contributed by atoms with van der Waals surface area (Å²) in [6.45, 7) is 4.29. The van der Waals surface area contributed by atoms with Gasteiger partial charge < -0.3 is 10.6 Å². The van der Waals surface area contributed by atoms with Crippen LogP contribution in [0, 0.1) is 9.49 Å². The van der Waals surface area contributed by atoms with Crippen LogP contribution in [0.5, 0.6) is 0 Å². The zero-order valence-corrected chi connectivity index (χ0v) is 18.0. The standard InChI is InChI=1S/C21H20F3IN4/c1-13(2)10-14-6-8-16(9-7-14)28-20-26-12-18(21(22,23)24)19(29-20)27-17-5-3-4-15(25)11-17/h3-9,11-13H,10H2,1-2H3,(H2,26,27,28,29). The largest absolute Gasteiger partial charge is 0.421 e. The predicted octanol–water partition coefficient (Wildman–Crippen LogP) is 6.79. The Morgan fingerprint density at radius 3 is 2.34 bits per heavy atom. The fraction of sp³-hybridized carbons (Fsp3) is 0.238. The molecule has 4 nitrogen and oxygen atoms in total. The molecule has 0 spiro atoms. The first kappa shape index (κ1) is 21.4. The van der Waals surface area contributed by atoms with Gasteiger partial charge in [0, 0.05) is 21.1 Å². The van der Waals surface area contributed by atoms with Gasteiger partial charge in [0.2, 0.25) is 5.95 Å². The molecule has 3 aromatic rings. The first-order valence-corrected chi connectivity index (χ1v) is 10.1. The molecular weight excluding hydrogens is 492 g/mol. The number of halogens is 4. The third kappa shape index (κ3) is 6.06. The Hall–Kier alpha value is -2.36. The van der Waals surface area contributed by atoms with Crippen molar-refractivity contribution in [2.45, 2.75) is 26.4 Å². The summed E-state index contributed by atoms with van der Waals surface area (Å²) >= 11 is 2.10.